The second kappa shape index (κ2) is 7.66. The number of hydrogen-bond donors (Lipinski definition) is 1. The third kappa shape index (κ3) is 4.36. The molecule has 1 fully saturated rings. The van der Waals surface area contributed by atoms with Gasteiger partial charge in [0.15, 0.2) is 11.5 Å². The molecule has 1 saturated heterocycles. The topological polar surface area (TPSA) is 54.0 Å². The van der Waals surface area contributed by atoms with Crippen LogP contribution in [-0.4, -0.2) is 61.8 Å². The summed E-state index contributed by atoms with van der Waals surface area (Å²) >= 11 is 0. The SMILES string of the molecule is CCCNC(=O)CN1CCN(Cc2ccc3c(c2)OCO3)CC1. The molecule has 0 radical (unpaired) electrons. The van der Waals surface area contributed by atoms with Crippen LogP contribution in [0.4, 0.5) is 0 Å². The Morgan fingerprint density at radius 1 is 1.13 bits per heavy atom. The molecule has 6 heteroatoms. The summed E-state index contributed by atoms with van der Waals surface area (Å²) in [6.07, 6.45) is 0.981. The molecule has 0 aromatic heterocycles. The van der Waals surface area contributed by atoms with Crippen molar-refractivity contribution < 1.29 is 14.3 Å². The van der Waals surface area contributed by atoms with Crippen LogP contribution in [0.5, 0.6) is 11.5 Å². The van der Waals surface area contributed by atoms with E-state index in [0.717, 1.165) is 57.2 Å². The number of rotatable bonds is 6. The van der Waals surface area contributed by atoms with Crippen molar-refractivity contribution in [3.8, 4) is 11.5 Å². The van der Waals surface area contributed by atoms with Crippen molar-refractivity contribution in [3.63, 3.8) is 0 Å². The van der Waals surface area contributed by atoms with Crippen molar-refractivity contribution in [2.24, 2.45) is 0 Å². The number of nitrogens with zero attached hydrogens (tertiary/aromatic N) is 2. The van der Waals surface area contributed by atoms with Crippen molar-refractivity contribution in [1.82, 2.24) is 15.1 Å². The van der Waals surface area contributed by atoms with Gasteiger partial charge in [0, 0.05) is 39.3 Å². The van der Waals surface area contributed by atoms with E-state index in [0.29, 0.717) is 13.3 Å². The Hall–Kier alpha value is -1.79. The molecule has 1 amide bonds. The molecule has 1 N–H and O–H groups in total. The van der Waals surface area contributed by atoms with Crippen LogP contribution < -0.4 is 14.8 Å². The van der Waals surface area contributed by atoms with Crippen LogP contribution >= 0.6 is 0 Å². The third-order valence-corrected chi connectivity index (χ3v) is 4.25. The lowest BCUT2D eigenvalue weighted by Crippen LogP contribution is -2.49. The van der Waals surface area contributed by atoms with Gasteiger partial charge in [0.05, 0.1) is 6.54 Å². The molecule has 0 bridgehead atoms. The fraction of sp³-hybridized carbons (Fsp3) is 0.588. The van der Waals surface area contributed by atoms with E-state index in [1.165, 1.54) is 5.56 Å². The molecule has 3 rings (SSSR count). The maximum absolute atomic E-state index is 11.8. The zero-order valence-electron chi connectivity index (χ0n) is 13.7. The predicted octanol–water partition coefficient (Wildman–Crippen LogP) is 1.06. The van der Waals surface area contributed by atoms with Crippen LogP contribution in [-0.2, 0) is 11.3 Å². The van der Waals surface area contributed by atoms with Gasteiger partial charge in [-0.3, -0.25) is 14.6 Å². The van der Waals surface area contributed by atoms with Crippen LogP contribution in [0.15, 0.2) is 18.2 Å². The first-order valence-corrected chi connectivity index (χ1v) is 8.34. The summed E-state index contributed by atoms with van der Waals surface area (Å²) in [6.45, 7) is 8.40. The zero-order valence-corrected chi connectivity index (χ0v) is 13.7. The van der Waals surface area contributed by atoms with Crippen molar-refractivity contribution in [2.75, 3.05) is 46.1 Å². The van der Waals surface area contributed by atoms with Crippen LogP contribution in [0.1, 0.15) is 18.9 Å². The lowest BCUT2D eigenvalue weighted by molar-refractivity contribution is -0.122. The minimum absolute atomic E-state index is 0.135. The van der Waals surface area contributed by atoms with Crippen molar-refractivity contribution in [3.05, 3.63) is 23.8 Å². The Morgan fingerprint density at radius 3 is 2.65 bits per heavy atom. The van der Waals surface area contributed by atoms with Crippen LogP contribution in [0.3, 0.4) is 0 Å². The summed E-state index contributed by atoms with van der Waals surface area (Å²) in [5.74, 6) is 1.81. The molecule has 0 saturated carbocycles. The summed E-state index contributed by atoms with van der Waals surface area (Å²) in [5.41, 5.74) is 1.24. The standard InChI is InChI=1S/C17H25N3O3/c1-2-5-18-17(21)12-20-8-6-19(7-9-20)11-14-3-4-15-16(10-14)23-13-22-15/h3-4,10H,2,5-9,11-13H2,1H3,(H,18,21). The molecule has 23 heavy (non-hydrogen) atoms. The van der Waals surface area contributed by atoms with Gasteiger partial charge in [-0.2, -0.15) is 0 Å². The molecule has 1 aromatic carbocycles. The van der Waals surface area contributed by atoms with E-state index in [2.05, 4.69) is 34.2 Å². The largest absolute Gasteiger partial charge is 0.454 e. The first-order valence-electron chi connectivity index (χ1n) is 8.34. The maximum atomic E-state index is 11.8. The molecule has 2 heterocycles. The Kier molecular flexibility index (Phi) is 5.35. The first kappa shape index (κ1) is 16.1. The molecule has 1 aromatic rings. The molecule has 126 valence electrons. The minimum atomic E-state index is 0.135. The molecular formula is C17H25N3O3. The van der Waals surface area contributed by atoms with Gasteiger partial charge in [-0.05, 0) is 24.1 Å². The zero-order chi connectivity index (χ0) is 16.1. The van der Waals surface area contributed by atoms with Gasteiger partial charge in [0.1, 0.15) is 0 Å². The Bertz CT molecular complexity index is 542. The summed E-state index contributed by atoms with van der Waals surface area (Å²) in [6, 6.07) is 6.14. The summed E-state index contributed by atoms with van der Waals surface area (Å²) in [5, 5.41) is 2.93. The van der Waals surface area contributed by atoms with E-state index in [1.807, 2.05) is 6.07 Å². The maximum Gasteiger partial charge on any atom is 0.234 e. The van der Waals surface area contributed by atoms with Gasteiger partial charge < -0.3 is 14.8 Å². The Morgan fingerprint density at radius 2 is 1.87 bits per heavy atom. The highest BCUT2D eigenvalue weighted by molar-refractivity contribution is 5.77. The van der Waals surface area contributed by atoms with E-state index in [1.54, 1.807) is 0 Å². The number of ether oxygens (including phenoxy) is 2. The monoisotopic (exact) mass is 319 g/mol. The summed E-state index contributed by atoms with van der Waals surface area (Å²) in [7, 11) is 0. The lowest BCUT2D eigenvalue weighted by Gasteiger charge is -2.34. The second-order valence-electron chi connectivity index (χ2n) is 6.09. The van der Waals surface area contributed by atoms with Gasteiger partial charge in [-0.15, -0.1) is 0 Å². The van der Waals surface area contributed by atoms with Crippen LogP contribution in [0.2, 0.25) is 0 Å². The quantitative estimate of drug-likeness (QED) is 0.850. The third-order valence-electron chi connectivity index (χ3n) is 4.25. The molecule has 0 atom stereocenters. The van der Waals surface area contributed by atoms with Gasteiger partial charge in [-0.25, -0.2) is 0 Å². The molecular weight excluding hydrogens is 294 g/mol. The average molecular weight is 319 g/mol. The van der Waals surface area contributed by atoms with Gasteiger partial charge in [0.2, 0.25) is 12.7 Å². The lowest BCUT2D eigenvalue weighted by atomic mass is 10.1. The highest BCUT2D eigenvalue weighted by atomic mass is 16.7. The Balaban J connectivity index is 1.43. The normalized spacial score (nSPS) is 18.1. The number of nitrogens with one attached hydrogen (secondary N) is 1. The van der Waals surface area contributed by atoms with Gasteiger partial charge in [0.25, 0.3) is 0 Å². The van der Waals surface area contributed by atoms with Crippen molar-refractivity contribution in [1.29, 1.82) is 0 Å². The molecule has 2 aliphatic heterocycles. The number of carbonyl (C=O) groups excluding carboxylic acids is 1. The van der Waals surface area contributed by atoms with E-state index in [-0.39, 0.29) is 5.91 Å². The highest BCUT2D eigenvalue weighted by Crippen LogP contribution is 2.32. The molecule has 2 aliphatic rings. The van der Waals surface area contributed by atoms with E-state index >= 15 is 0 Å². The number of amides is 1. The molecule has 0 unspecified atom stereocenters. The number of benzene rings is 1. The van der Waals surface area contributed by atoms with Crippen molar-refractivity contribution >= 4 is 5.91 Å². The number of fused-ring (bicyclic) bond motifs is 1. The molecule has 0 aliphatic carbocycles. The minimum Gasteiger partial charge on any atom is -0.454 e. The van der Waals surface area contributed by atoms with Gasteiger partial charge >= 0.3 is 0 Å². The molecule has 6 nitrogen and oxygen atoms in total. The van der Waals surface area contributed by atoms with E-state index in [4.69, 9.17) is 9.47 Å². The van der Waals surface area contributed by atoms with E-state index < -0.39 is 0 Å². The van der Waals surface area contributed by atoms with E-state index in [9.17, 15) is 4.79 Å². The number of carbonyl (C=O) groups is 1. The van der Waals surface area contributed by atoms with Gasteiger partial charge in [-0.1, -0.05) is 13.0 Å². The second-order valence-corrected chi connectivity index (χ2v) is 6.09. The van der Waals surface area contributed by atoms with Crippen molar-refractivity contribution in [2.45, 2.75) is 19.9 Å². The highest BCUT2D eigenvalue weighted by Gasteiger charge is 2.20. The molecule has 0 spiro atoms. The van der Waals surface area contributed by atoms with Crippen LogP contribution in [0.25, 0.3) is 0 Å². The fourth-order valence-electron chi connectivity index (χ4n) is 2.93. The fourth-order valence-corrected chi connectivity index (χ4v) is 2.93. The van der Waals surface area contributed by atoms with Crippen LogP contribution in [0, 0.1) is 0 Å². The Labute approximate surface area is 137 Å². The summed E-state index contributed by atoms with van der Waals surface area (Å²) in [4.78, 5) is 16.4. The number of piperazine rings is 1. The predicted molar refractivity (Wildman–Crippen MR) is 87.6 cm³/mol. The summed E-state index contributed by atoms with van der Waals surface area (Å²) < 4.78 is 10.8. The number of hydrogen-bond acceptors (Lipinski definition) is 5. The first-order chi connectivity index (χ1) is 11.2. The average Bonchev–Trinajstić information content (AvgIpc) is 3.02. The smallest absolute Gasteiger partial charge is 0.234 e.